The molecule has 0 bridgehead atoms. The first-order valence-electron chi connectivity index (χ1n) is 4.22. The summed E-state index contributed by atoms with van der Waals surface area (Å²) in [4.78, 5) is 0. The minimum atomic E-state index is -0.0407. The Labute approximate surface area is 67.7 Å². The van der Waals surface area contributed by atoms with Crippen molar-refractivity contribution in [1.29, 1.82) is 0 Å². The van der Waals surface area contributed by atoms with Crippen LogP contribution in [0.5, 0.6) is 0 Å². The maximum Gasteiger partial charge on any atom is 0.0779 e. The van der Waals surface area contributed by atoms with Gasteiger partial charge in [-0.05, 0) is 19.8 Å². The van der Waals surface area contributed by atoms with E-state index in [1.165, 1.54) is 0 Å². The van der Waals surface area contributed by atoms with Gasteiger partial charge in [-0.2, -0.15) is 0 Å². The van der Waals surface area contributed by atoms with E-state index in [1.54, 1.807) is 0 Å². The Balaban J connectivity index is 2.25. The van der Waals surface area contributed by atoms with Gasteiger partial charge in [-0.25, -0.2) is 0 Å². The Bertz CT molecular complexity index is 111. The molecule has 1 saturated heterocycles. The largest absolute Gasteiger partial charge is 0.396 e. The highest BCUT2D eigenvalue weighted by Gasteiger charge is 2.26. The van der Waals surface area contributed by atoms with E-state index in [9.17, 15) is 0 Å². The molecule has 0 amide bonds. The molecule has 1 unspecified atom stereocenters. The van der Waals surface area contributed by atoms with Crippen LogP contribution in [0.3, 0.4) is 0 Å². The van der Waals surface area contributed by atoms with Crippen molar-refractivity contribution in [3.05, 3.63) is 0 Å². The SMILES string of the molecule is CC1(CCCO)CNCCO1. The molecule has 1 heterocycles. The third-order valence-electron chi connectivity index (χ3n) is 2.09. The van der Waals surface area contributed by atoms with Crippen molar-refractivity contribution in [1.82, 2.24) is 5.32 Å². The Hall–Kier alpha value is -0.120. The lowest BCUT2D eigenvalue weighted by atomic mass is 9.99. The van der Waals surface area contributed by atoms with Crippen LogP contribution < -0.4 is 5.32 Å². The van der Waals surface area contributed by atoms with Gasteiger partial charge in [0, 0.05) is 19.7 Å². The molecular formula is C8H17NO2. The number of hydrogen-bond donors (Lipinski definition) is 2. The zero-order valence-corrected chi connectivity index (χ0v) is 7.10. The number of nitrogens with one attached hydrogen (secondary N) is 1. The van der Waals surface area contributed by atoms with Gasteiger partial charge < -0.3 is 15.2 Å². The average Bonchev–Trinajstić information content (AvgIpc) is 2.03. The molecule has 0 saturated carbocycles. The first-order chi connectivity index (χ1) is 5.27. The van der Waals surface area contributed by atoms with Gasteiger partial charge >= 0.3 is 0 Å². The summed E-state index contributed by atoms with van der Waals surface area (Å²) in [5.41, 5.74) is -0.0407. The summed E-state index contributed by atoms with van der Waals surface area (Å²) >= 11 is 0. The number of morpholine rings is 1. The molecule has 11 heavy (non-hydrogen) atoms. The summed E-state index contributed by atoms with van der Waals surface area (Å²) in [6.45, 7) is 5.01. The van der Waals surface area contributed by atoms with E-state index in [0.29, 0.717) is 0 Å². The molecule has 1 aliphatic rings. The third kappa shape index (κ3) is 2.77. The number of rotatable bonds is 3. The van der Waals surface area contributed by atoms with Crippen LogP contribution in [0.25, 0.3) is 0 Å². The molecule has 0 aromatic carbocycles. The first kappa shape index (κ1) is 8.97. The predicted octanol–water partition coefficient (Wildman–Crippen LogP) is 0.137. The van der Waals surface area contributed by atoms with Gasteiger partial charge in [0.05, 0.1) is 12.2 Å². The molecule has 3 heteroatoms. The Kier molecular flexibility index (Phi) is 3.30. The quantitative estimate of drug-likeness (QED) is 0.615. The first-order valence-corrected chi connectivity index (χ1v) is 4.22. The fourth-order valence-electron chi connectivity index (χ4n) is 1.39. The van der Waals surface area contributed by atoms with Crippen molar-refractivity contribution in [2.24, 2.45) is 0 Å². The van der Waals surface area contributed by atoms with E-state index < -0.39 is 0 Å². The van der Waals surface area contributed by atoms with Crippen molar-refractivity contribution >= 4 is 0 Å². The average molecular weight is 159 g/mol. The molecule has 0 aromatic rings. The van der Waals surface area contributed by atoms with Crippen LogP contribution in [0.4, 0.5) is 0 Å². The van der Waals surface area contributed by atoms with Crippen molar-refractivity contribution in [3.63, 3.8) is 0 Å². The van der Waals surface area contributed by atoms with Crippen LogP contribution in [0.2, 0.25) is 0 Å². The maximum atomic E-state index is 8.64. The van der Waals surface area contributed by atoms with Gasteiger partial charge in [0.2, 0.25) is 0 Å². The van der Waals surface area contributed by atoms with Crippen LogP contribution in [0.15, 0.2) is 0 Å². The summed E-state index contributed by atoms with van der Waals surface area (Å²) < 4.78 is 5.59. The van der Waals surface area contributed by atoms with Crippen LogP contribution in [-0.4, -0.2) is 37.0 Å². The molecule has 0 spiro atoms. The van der Waals surface area contributed by atoms with Crippen molar-refractivity contribution < 1.29 is 9.84 Å². The molecule has 1 rings (SSSR count). The molecule has 1 atom stereocenters. The maximum absolute atomic E-state index is 8.64. The van der Waals surface area contributed by atoms with E-state index in [4.69, 9.17) is 9.84 Å². The summed E-state index contributed by atoms with van der Waals surface area (Å²) in [6, 6.07) is 0. The number of ether oxygens (including phenoxy) is 1. The lowest BCUT2D eigenvalue weighted by Crippen LogP contribution is -2.47. The monoisotopic (exact) mass is 159 g/mol. The normalized spacial score (nSPS) is 32.2. The standard InChI is InChI=1S/C8H17NO2/c1-8(3-2-5-10)7-9-4-6-11-8/h9-10H,2-7H2,1H3. The number of aliphatic hydroxyl groups is 1. The molecular weight excluding hydrogens is 142 g/mol. The second-order valence-corrected chi connectivity index (χ2v) is 3.30. The highest BCUT2D eigenvalue weighted by atomic mass is 16.5. The number of hydrogen-bond acceptors (Lipinski definition) is 3. The highest BCUT2D eigenvalue weighted by molar-refractivity contribution is 4.80. The molecule has 1 aliphatic heterocycles. The van der Waals surface area contributed by atoms with Crippen molar-refractivity contribution in [2.75, 3.05) is 26.3 Å². The van der Waals surface area contributed by atoms with Crippen LogP contribution in [0, 0.1) is 0 Å². The molecule has 66 valence electrons. The lowest BCUT2D eigenvalue weighted by molar-refractivity contribution is -0.0604. The van der Waals surface area contributed by atoms with E-state index in [0.717, 1.165) is 32.5 Å². The van der Waals surface area contributed by atoms with Gasteiger partial charge in [-0.15, -0.1) is 0 Å². The zero-order valence-electron chi connectivity index (χ0n) is 7.10. The van der Waals surface area contributed by atoms with Crippen molar-refractivity contribution in [2.45, 2.75) is 25.4 Å². The minimum absolute atomic E-state index is 0.0407. The van der Waals surface area contributed by atoms with Gasteiger partial charge in [0.1, 0.15) is 0 Å². The topological polar surface area (TPSA) is 41.5 Å². The Morgan fingerprint density at radius 2 is 2.45 bits per heavy atom. The predicted molar refractivity (Wildman–Crippen MR) is 43.5 cm³/mol. The van der Waals surface area contributed by atoms with Gasteiger partial charge in [0.15, 0.2) is 0 Å². The number of aliphatic hydroxyl groups excluding tert-OH is 1. The van der Waals surface area contributed by atoms with Crippen LogP contribution in [0.1, 0.15) is 19.8 Å². The van der Waals surface area contributed by atoms with Crippen molar-refractivity contribution in [3.8, 4) is 0 Å². The summed E-state index contributed by atoms with van der Waals surface area (Å²) in [5, 5.41) is 11.9. The second kappa shape index (κ2) is 4.04. The molecule has 0 radical (unpaired) electrons. The summed E-state index contributed by atoms with van der Waals surface area (Å²) in [6.07, 6.45) is 1.77. The fourth-order valence-corrected chi connectivity index (χ4v) is 1.39. The molecule has 0 aromatic heterocycles. The molecule has 2 N–H and O–H groups in total. The van der Waals surface area contributed by atoms with Gasteiger partial charge in [-0.1, -0.05) is 0 Å². The molecule has 0 aliphatic carbocycles. The second-order valence-electron chi connectivity index (χ2n) is 3.30. The highest BCUT2D eigenvalue weighted by Crippen LogP contribution is 2.18. The lowest BCUT2D eigenvalue weighted by Gasteiger charge is -2.34. The summed E-state index contributed by atoms with van der Waals surface area (Å²) in [7, 11) is 0. The molecule has 1 fully saturated rings. The fraction of sp³-hybridized carbons (Fsp3) is 1.00. The minimum Gasteiger partial charge on any atom is -0.396 e. The van der Waals surface area contributed by atoms with Gasteiger partial charge in [0.25, 0.3) is 0 Å². The van der Waals surface area contributed by atoms with E-state index >= 15 is 0 Å². The molecule has 3 nitrogen and oxygen atoms in total. The Morgan fingerprint density at radius 1 is 1.64 bits per heavy atom. The van der Waals surface area contributed by atoms with Crippen LogP contribution in [-0.2, 0) is 4.74 Å². The third-order valence-corrected chi connectivity index (χ3v) is 2.09. The summed E-state index contributed by atoms with van der Waals surface area (Å²) in [5.74, 6) is 0. The smallest absolute Gasteiger partial charge is 0.0779 e. The van der Waals surface area contributed by atoms with Crippen LogP contribution >= 0.6 is 0 Å². The van der Waals surface area contributed by atoms with E-state index in [1.807, 2.05) is 0 Å². The zero-order chi connectivity index (χ0) is 8.16. The Morgan fingerprint density at radius 3 is 3.00 bits per heavy atom. The van der Waals surface area contributed by atoms with E-state index in [2.05, 4.69) is 12.2 Å². The van der Waals surface area contributed by atoms with Gasteiger partial charge in [-0.3, -0.25) is 0 Å². The van der Waals surface area contributed by atoms with E-state index in [-0.39, 0.29) is 12.2 Å².